The Labute approximate surface area is 103 Å². The van der Waals surface area contributed by atoms with Gasteiger partial charge in [0.25, 0.3) is 0 Å². The minimum Gasteiger partial charge on any atom is -0.339 e. The van der Waals surface area contributed by atoms with E-state index in [-0.39, 0.29) is 6.04 Å². The minimum absolute atomic E-state index is 0.0506. The molecule has 3 rings (SSSR count). The average molecular weight is 250 g/mol. The van der Waals surface area contributed by atoms with Gasteiger partial charge in [-0.3, -0.25) is 0 Å². The molecule has 0 amide bonds. The summed E-state index contributed by atoms with van der Waals surface area (Å²) in [5, 5.41) is 9.03. The molecule has 0 bridgehead atoms. The van der Waals surface area contributed by atoms with Crippen LogP contribution in [0.3, 0.4) is 0 Å². The van der Waals surface area contributed by atoms with Crippen LogP contribution < -0.4 is 10.6 Å². The third-order valence-electron chi connectivity index (χ3n) is 2.87. The van der Waals surface area contributed by atoms with E-state index in [2.05, 4.69) is 24.6 Å². The van der Waals surface area contributed by atoms with E-state index in [1.807, 2.05) is 13.1 Å². The zero-order valence-electron chi connectivity index (χ0n) is 9.58. The van der Waals surface area contributed by atoms with Crippen LogP contribution in [0.2, 0.25) is 0 Å². The predicted molar refractivity (Wildman–Crippen MR) is 65.8 cm³/mol. The molecule has 0 aromatic carbocycles. The van der Waals surface area contributed by atoms with E-state index in [0.29, 0.717) is 0 Å². The lowest BCUT2D eigenvalue weighted by atomic mass is 10.3. The number of anilines is 1. The highest BCUT2D eigenvalue weighted by Gasteiger charge is 2.20. The van der Waals surface area contributed by atoms with Gasteiger partial charge in [-0.05, 0) is 6.92 Å². The van der Waals surface area contributed by atoms with Crippen molar-refractivity contribution < 1.29 is 0 Å². The van der Waals surface area contributed by atoms with Crippen LogP contribution in [0.4, 0.5) is 5.13 Å². The Bertz CT molecular complexity index is 516. The number of fused-ring (bicyclic) bond motifs is 1. The number of aromatic nitrogens is 4. The molecule has 0 aliphatic carbocycles. The van der Waals surface area contributed by atoms with Crippen molar-refractivity contribution in [3.63, 3.8) is 0 Å². The predicted octanol–water partition coefficient (Wildman–Crippen LogP) is 0.774. The first-order valence-electron chi connectivity index (χ1n) is 5.57. The van der Waals surface area contributed by atoms with E-state index < -0.39 is 0 Å². The molecule has 2 aromatic heterocycles. The van der Waals surface area contributed by atoms with Crippen molar-refractivity contribution in [2.45, 2.75) is 26.1 Å². The lowest BCUT2D eigenvalue weighted by molar-refractivity contribution is 0.559. The fourth-order valence-electron chi connectivity index (χ4n) is 1.86. The van der Waals surface area contributed by atoms with E-state index in [0.717, 1.165) is 35.5 Å². The molecule has 1 atom stereocenters. The van der Waals surface area contributed by atoms with Gasteiger partial charge in [0.05, 0.1) is 6.54 Å². The summed E-state index contributed by atoms with van der Waals surface area (Å²) >= 11 is 1.66. The van der Waals surface area contributed by atoms with E-state index >= 15 is 0 Å². The van der Waals surface area contributed by atoms with Crippen LogP contribution in [0.25, 0.3) is 0 Å². The summed E-state index contributed by atoms with van der Waals surface area (Å²) in [5.41, 5.74) is 5.84. The van der Waals surface area contributed by atoms with Gasteiger partial charge in [-0.2, -0.15) is 0 Å². The molecule has 7 heteroatoms. The molecule has 2 N–H and O–H groups in total. The molecular weight excluding hydrogens is 236 g/mol. The fraction of sp³-hybridized carbons (Fsp3) is 0.500. The van der Waals surface area contributed by atoms with Crippen LogP contribution in [0.15, 0.2) is 12.5 Å². The SMILES string of the molecule is CC(N)c1cnc(N2CCn3cnnc3C2)s1. The van der Waals surface area contributed by atoms with Gasteiger partial charge in [0.1, 0.15) is 6.33 Å². The quantitative estimate of drug-likeness (QED) is 0.852. The highest BCUT2D eigenvalue weighted by Crippen LogP contribution is 2.28. The second-order valence-electron chi connectivity index (χ2n) is 4.20. The van der Waals surface area contributed by atoms with Gasteiger partial charge >= 0.3 is 0 Å². The molecule has 0 spiro atoms. The van der Waals surface area contributed by atoms with Crippen molar-refractivity contribution in [1.82, 2.24) is 19.7 Å². The van der Waals surface area contributed by atoms with E-state index in [4.69, 9.17) is 5.73 Å². The second kappa shape index (κ2) is 4.08. The van der Waals surface area contributed by atoms with Crippen LogP contribution in [0.1, 0.15) is 23.7 Å². The zero-order chi connectivity index (χ0) is 11.8. The van der Waals surface area contributed by atoms with Crippen molar-refractivity contribution >= 4 is 16.5 Å². The molecule has 0 saturated carbocycles. The zero-order valence-corrected chi connectivity index (χ0v) is 10.4. The summed E-state index contributed by atoms with van der Waals surface area (Å²) in [7, 11) is 0. The van der Waals surface area contributed by atoms with E-state index in [1.54, 1.807) is 17.7 Å². The van der Waals surface area contributed by atoms with Crippen molar-refractivity contribution in [1.29, 1.82) is 0 Å². The highest BCUT2D eigenvalue weighted by molar-refractivity contribution is 7.15. The smallest absolute Gasteiger partial charge is 0.186 e. The van der Waals surface area contributed by atoms with Crippen LogP contribution in [-0.2, 0) is 13.1 Å². The first kappa shape index (κ1) is 10.7. The molecule has 3 heterocycles. The Balaban J connectivity index is 1.82. The van der Waals surface area contributed by atoms with E-state index in [1.165, 1.54) is 0 Å². The van der Waals surface area contributed by atoms with E-state index in [9.17, 15) is 0 Å². The molecule has 1 aliphatic heterocycles. The first-order valence-corrected chi connectivity index (χ1v) is 6.38. The molecule has 0 radical (unpaired) electrons. The van der Waals surface area contributed by atoms with Gasteiger partial charge in [0, 0.05) is 30.2 Å². The van der Waals surface area contributed by atoms with Gasteiger partial charge in [-0.25, -0.2) is 4.98 Å². The average Bonchev–Trinajstić information content (AvgIpc) is 2.97. The number of nitrogens with zero attached hydrogens (tertiary/aromatic N) is 5. The molecule has 0 saturated heterocycles. The highest BCUT2D eigenvalue weighted by atomic mass is 32.1. The Morgan fingerprint density at radius 3 is 3.12 bits per heavy atom. The Hall–Kier alpha value is -1.47. The Morgan fingerprint density at radius 2 is 2.35 bits per heavy atom. The maximum absolute atomic E-state index is 5.84. The minimum atomic E-state index is 0.0506. The third kappa shape index (κ3) is 1.91. The van der Waals surface area contributed by atoms with Gasteiger partial charge < -0.3 is 15.2 Å². The number of hydrogen-bond donors (Lipinski definition) is 1. The monoisotopic (exact) mass is 250 g/mol. The number of nitrogens with two attached hydrogens (primary N) is 1. The normalized spacial score (nSPS) is 16.9. The summed E-state index contributed by atoms with van der Waals surface area (Å²) in [4.78, 5) is 7.77. The summed E-state index contributed by atoms with van der Waals surface area (Å²) in [5.74, 6) is 0.994. The maximum atomic E-state index is 5.84. The lowest BCUT2D eigenvalue weighted by Crippen LogP contribution is -2.33. The van der Waals surface area contributed by atoms with Crippen molar-refractivity contribution in [2.75, 3.05) is 11.4 Å². The largest absolute Gasteiger partial charge is 0.339 e. The fourth-order valence-corrected chi connectivity index (χ4v) is 2.76. The van der Waals surface area contributed by atoms with Crippen molar-refractivity contribution in [3.8, 4) is 0 Å². The van der Waals surface area contributed by atoms with Crippen LogP contribution in [0.5, 0.6) is 0 Å². The number of rotatable bonds is 2. The van der Waals surface area contributed by atoms with Crippen LogP contribution >= 0.6 is 11.3 Å². The van der Waals surface area contributed by atoms with Gasteiger partial charge in [-0.15, -0.1) is 21.5 Å². The van der Waals surface area contributed by atoms with Crippen LogP contribution in [-0.4, -0.2) is 26.3 Å². The molecule has 1 aliphatic rings. The summed E-state index contributed by atoms with van der Waals surface area (Å²) < 4.78 is 2.08. The molecule has 6 nitrogen and oxygen atoms in total. The summed E-state index contributed by atoms with van der Waals surface area (Å²) in [6.45, 7) is 4.60. The maximum Gasteiger partial charge on any atom is 0.186 e. The summed E-state index contributed by atoms with van der Waals surface area (Å²) in [6.07, 6.45) is 3.64. The standard InChI is InChI=1S/C10H14N6S/c1-7(11)8-4-12-10(17-8)15-2-3-16-6-13-14-9(16)5-15/h4,6-7H,2-3,5,11H2,1H3. The molecule has 2 aromatic rings. The first-order chi connectivity index (χ1) is 8.24. The molecule has 0 fully saturated rings. The Kier molecular flexibility index (Phi) is 2.56. The van der Waals surface area contributed by atoms with Crippen LogP contribution in [0, 0.1) is 0 Å². The topological polar surface area (TPSA) is 72.9 Å². The van der Waals surface area contributed by atoms with Gasteiger partial charge in [0.2, 0.25) is 0 Å². The van der Waals surface area contributed by atoms with Crippen molar-refractivity contribution in [2.24, 2.45) is 5.73 Å². The molecule has 1 unspecified atom stereocenters. The molecular formula is C10H14N6S. The second-order valence-corrected chi connectivity index (χ2v) is 5.24. The van der Waals surface area contributed by atoms with Gasteiger partial charge in [0.15, 0.2) is 11.0 Å². The van der Waals surface area contributed by atoms with Gasteiger partial charge in [-0.1, -0.05) is 0 Å². The molecule has 90 valence electrons. The Morgan fingerprint density at radius 1 is 1.47 bits per heavy atom. The third-order valence-corrected chi connectivity index (χ3v) is 4.13. The number of hydrogen-bond acceptors (Lipinski definition) is 6. The van der Waals surface area contributed by atoms with Crippen molar-refractivity contribution in [3.05, 3.63) is 23.2 Å². The number of thiazole rings is 1. The lowest BCUT2D eigenvalue weighted by Gasteiger charge is -2.26. The summed E-state index contributed by atoms with van der Waals surface area (Å²) in [6, 6.07) is 0.0506. The molecule has 17 heavy (non-hydrogen) atoms.